The summed E-state index contributed by atoms with van der Waals surface area (Å²) in [5.74, 6) is 0.693. The van der Waals surface area contributed by atoms with E-state index in [1.807, 2.05) is 12.1 Å². The summed E-state index contributed by atoms with van der Waals surface area (Å²) in [6.07, 6.45) is -0.423. The van der Waals surface area contributed by atoms with E-state index in [-0.39, 0.29) is 21.5 Å². The normalized spacial score (nSPS) is 14.4. The third-order valence-corrected chi connectivity index (χ3v) is 16.4. The molecule has 1 N–H and O–H groups in total. The van der Waals surface area contributed by atoms with Crippen LogP contribution in [-0.4, -0.2) is 28.2 Å². The average molecular weight is 481 g/mol. The Kier molecular flexibility index (Phi) is 7.24. The minimum atomic E-state index is -2.15. The summed E-state index contributed by atoms with van der Waals surface area (Å²) in [6.45, 7) is 21.9. The molecule has 10 heteroatoms. The third kappa shape index (κ3) is 5.62. The second kappa shape index (κ2) is 8.75. The lowest BCUT2D eigenvalue weighted by Gasteiger charge is -2.39. The molecule has 0 radical (unpaired) electrons. The molecule has 1 atom stereocenters. The maximum Gasteiger partial charge on any atom is 0.305 e. The van der Waals surface area contributed by atoms with Gasteiger partial charge in [0.05, 0.1) is 17.3 Å². The van der Waals surface area contributed by atoms with Crippen molar-refractivity contribution in [1.29, 1.82) is 0 Å². The molecule has 0 aliphatic rings. The molecule has 0 amide bonds. The van der Waals surface area contributed by atoms with Gasteiger partial charge in [-0.25, -0.2) is 0 Å². The van der Waals surface area contributed by atoms with Crippen molar-refractivity contribution in [1.82, 2.24) is 4.98 Å². The highest BCUT2D eigenvalue weighted by molar-refractivity contribution is 7.16. The molecule has 172 valence electrons. The fourth-order valence-electron chi connectivity index (χ4n) is 2.64. The van der Waals surface area contributed by atoms with Crippen LogP contribution in [0.2, 0.25) is 36.3 Å². The Morgan fingerprint density at radius 3 is 2.19 bits per heavy atom. The molecule has 0 bridgehead atoms. The highest BCUT2D eigenvalue weighted by atomic mass is 32.1. The lowest BCUT2D eigenvalue weighted by molar-refractivity contribution is 0.193. The first-order chi connectivity index (χ1) is 14.0. The number of nitrogens with zero attached hydrogens (tertiary/aromatic N) is 3. The van der Waals surface area contributed by atoms with E-state index in [2.05, 4.69) is 82.7 Å². The Morgan fingerprint density at radius 2 is 1.68 bits per heavy atom. The lowest BCUT2D eigenvalue weighted by Crippen LogP contribution is -2.44. The summed E-state index contributed by atoms with van der Waals surface area (Å²) >= 11 is 1.15. The zero-order chi connectivity index (χ0) is 23.8. The van der Waals surface area contributed by atoms with E-state index in [1.54, 1.807) is 0 Å². The summed E-state index contributed by atoms with van der Waals surface area (Å²) in [4.78, 5) is 18.1. The number of aromatic amines is 1. The van der Waals surface area contributed by atoms with Gasteiger partial charge in [0.15, 0.2) is 8.32 Å². The monoisotopic (exact) mass is 480 g/mol. The van der Waals surface area contributed by atoms with Crippen LogP contribution in [0.25, 0.3) is 20.7 Å². The molecule has 2 aromatic rings. The molecule has 1 aromatic carbocycles. The Labute approximate surface area is 191 Å². The highest BCUT2D eigenvalue weighted by Gasteiger charge is 2.41. The second-order valence-corrected chi connectivity index (χ2v) is 21.5. The van der Waals surface area contributed by atoms with E-state index in [9.17, 15) is 4.79 Å². The number of H-pyrrole nitrogens is 1. The fourth-order valence-corrected chi connectivity index (χ4v) is 5.84. The first-order valence-corrected chi connectivity index (χ1v) is 17.2. The van der Waals surface area contributed by atoms with Gasteiger partial charge in [-0.05, 0) is 53.4 Å². The summed E-state index contributed by atoms with van der Waals surface area (Å²) in [7, 11) is -4.24. The van der Waals surface area contributed by atoms with Crippen molar-refractivity contribution in [2.75, 3.05) is 6.54 Å². The first kappa shape index (κ1) is 25.7. The Morgan fingerprint density at radius 1 is 1.10 bits per heavy atom. The summed E-state index contributed by atoms with van der Waals surface area (Å²) < 4.78 is 14.0. The molecule has 0 spiro atoms. The van der Waals surface area contributed by atoms with E-state index in [0.717, 1.165) is 21.6 Å². The average Bonchev–Trinajstić information content (AvgIpc) is 2.98. The Hall–Kier alpha value is -1.59. The standard InChI is InChI=1S/C21H36N4O3SSi2/c1-20(2,3)30(7,8)27-15-12-11-14(18-17(15)24-19(26)29-18)16(13-23-25-22)28-31(9,10)21(4,5)6/h11-12,16H,13H2,1-10H3,(H,24,26). The van der Waals surface area contributed by atoms with Crippen molar-refractivity contribution in [3.05, 3.63) is 37.8 Å². The number of fused-ring (bicyclic) bond motifs is 1. The number of hydrogen-bond donors (Lipinski definition) is 1. The van der Waals surface area contributed by atoms with Gasteiger partial charge in [-0.15, -0.1) is 0 Å². The minimum absolute atomic E-state index is 0.00260. The molecule has 0 aliphatic carbocycles. The van der Waals surface area contributed by atoms with E-state index >= 15 is 0 Å². The molecule has 0 fully saturated rings. The predicted molar refractivity (Wildman–Crippen MR) is 135 cm³/mol. The van der Waals surface area contributed by atoms with Crippen LogP contribution in [0.3, 0.4) is 0 Å². The number of benzene rings is 1. The van der Waals surface area contributed by atoms with Gasteiger partial charge in [0.25, 0.3) is 8.32 Å². The topological polar surface area (TPSA) is 100 Å². The zero-order valence-electron chi connectivity index (χ0n) is 20.4. The maximum absolute atomic E-state index is 12.3. The van der Waals surface area contributed by atoms with Crippen LogP contribution in [0.15, 0.2) is 22.0 Å². The van der Waals surface area contributed by atoms with Crippen LogP contribution in [0.4, 0.5) is 0 Å². The van der Waals surface area contributed by atoms with Gasteiger partial charge in [0, 0.05) is 4.91 Å². The van der Waals surface area contributed by atoms with Crippen molar-refractivity contribution in [2.24, 2.45) is 5.11 Å². The van der Waals surface area contributed by atoms with Gasteiger partial charge in [-0.3, -0.25) is 4.79 Å². The number of nitrogens with one attached hydrogen (secondary N) is 1. The van der Waals surface area contributed by atoms with Crippen molar-refractivity contribution in [2.45, 2.75) is 83.9 Å². The summed E-state index contributed by atoms with van der Waals surface area (Å²) in [5, 5.41) is 3.84. The Balaban J connectivity index is 2.61. The molecule has 31 heavy (non-hydrogen) atoms. The van der Waals surface area contributed by atoms with E-state index in [0.29, 0.717) is 11.3 Å². The molecule has 0 saturated heterocycles. The molecule has 7 nitrogen and oxygen atoms in total. The molecule has 2 rings (SSSR count). The predicted octanol–water partition coefficient (Wildman–Crippen LogP) is 7.35. The van der Waals surface area contributed by atoms with E-state index in [1.165, 1.54) is 0 Å². The second-order valence-electron chi connectivity index (χ2n) is 11.0. The molecule has 1 aromatic heterocycles. The quantitative estimate of drug-likeness (QED) is 0.194. The van der Waals surface area contributed by atoms with Gasteiger partial charge in [0.2, 0.25) is 0 Å². The van der Waals surface area contributed by atoms with Crippen LogP contribution in [0.5, 0.6) is 5.75 Å². The van der Waals surface area contributed by atoms with Gasteiger partial charge < -0.3 is 13.8 Å². The molecule has 1 heterocycles. The van der Waals surface area contributed by atoms with E-state index < -0.39 is 22.7 Å². The number of aromatic nitrogens is 1. The maximum atomic E-state index is 12.3. The van der Waals surface area contributed by atoms with Gasteiger partial charge in [0.1, 0.15) is 11.3 Å². The van der Waals surface area contributed by atoms with Crippen molar-refractivity contribution in [3.8, 4) is 5.75 Å². The zero-order valence-corrected chi connectivity index (χ0v) is 23.2. The Bertz CT molecular complexity index is 1040. The van der Waals surface area contributed by atoms with Crippen LogP contribution in [0.1, 0.15) is 53.2 Å². The summed E-state index contributed by atoms with van der Waals surface area (Å²) in [6, 6.07) is 3.87. The third-order valence-electron chi connectivity index (χ3n) is 6.64. The molecule has 0 saturated carbocycles. The number of rotatable bonds is 7. The van der Waals surface area contributed by atoms with Crippen LogP contribution >= 0.6 is 11.3 Å². The van der Waals surface area contributed by atoms with E-state index in [4.69, 9.17) is 14.4 Å². The number of hydrogen-bond acceptors (Lipinski definition) is 5. The van der Waals surface area contributed by atoms with Crippen LogP contribution in [-0.2, 0) is 4.43 Å². The minimum Gasteiger partial charge on any atom is -0.542 e. The smallest absolute Gasteiger partial charge is 0.305 e. The SMILES string of the molecule is CC(C)(C)[Si](C)(C)Oc1ccc(C(CN=[N+]=[N-])O[Si](C)(C)C(C)(C)C)c2sc(=O)[nH]c12. The number of thiazole rings is 1. The van der Waals surface area contributed by atoms with Crippen molar-refractivity contribution in [3.63, 3.8) is 0 Å². The molecular weight excluding hydrogens is 444 g/mol. The largest absolute Gasteiger partial charge is 0.542 e. The van der Waals surface area contributed by atoms with Gasteiger partial charge in [-0.1, -0.05) is 64.1 Å². The number of azide groups is 1. The van der Waals surface area contributed by atoms with Gasteiger partial charge in [-0.2, -0.15) is 0 Å². The molecule has 1 unspecified atom stereocenters. The highest BCUT2D eigenvalue weighted by Crippen LogP contribution is 2.43. The van der Waals surface area contributed by atoms with Gasteiger partial charge >= 0.3 is 4.87 Å². The summed E-state index contributed by atoms with van der Waals surface area (Å²) in [5.41, 5.74) is 10.5. The lowest BCUT2D eigenvalue weighted by atomic mass is 10.1. The van der Waals surface area contributed by atoms with Crippen molar-refractivity contribution >= 4 is 38.2 Å². The van der Waals surface area contributed by atoms with Crippen molar-refractivity contribution < 1.29 is 8.85 Å². The molecular formula is C21H36N4O3SSi2. The molecule has 0 aliphatic heterocycles. The fraction of sp³-hybridized carbons (Fsp3) is 0.667. The first-order valence-electron chi connectivity index (χ1n) is 10.5. The van der Waals surface area contributed by atoms with Crippen LogP contribution in [0, 0.1) is 0 Å². The van der Waals surface area contributed by atoms with Crippen LogP contribution < -0.4 is 9.30 Å².